The number of tetrazole rings is 1. The number of phenols is 1. The lowest BCUT2D eigenvalue weighted by Crippen LogP contribution is -2.03. The van der Waals surface area contributed by atoms with Crippen molar-refractivity contribution in [2.24, 2.45) is 0 Å². The molecule has 2 aromatic rings. The molecule has 0 bridgehead atoms. The molecule has 0 aliphatic rings. The van der Waals surface area contributed by atoms with Gasteiger partial charge < -0.3 is 5.11 Å². The molecule has 2 rings (SSSR count). The molecule has 0 radical (unpaired) electrons. The number of aryl methyl sites for hydroxylation is 3. The molecule has 0 unspecified atom stereocenters. The molecule has 1 heterocycles. The predicted octanol–water partition coefficient (Wildman–Crippen LogP) is 1.71. The van der Waals surface area contributed by atoms with Crippen molar-refractivity contribution in [3.8, 4) is 5.75 Å². The molecule has 1 aromatic carbocycles. The Balaban J connectivity index is 1.71. The van der Waals surface area contributed by atoms with Gasteiger partial charge in [0.05, 0.1) is 6.54 Å². The highest BCUT2D eigenvalue weighted by Gasteiger charge is 1.98. The summed E-state index contributed by atoms with van der Waals surface area (Å²) in [7, 11) is 0. The summed E-state index contributed by atoms with van der Waals surface area (Å²) in [5, 5.41) is 21.0. The Labute approximate surface area is 100 Å². The Hall–Kier alpha value is -1.91. The van der Waals surface area contributed by atoms with Gasteiger partial charge in [-0.1, -0.05) is 12.1 Å². The highest BCUT2D eigenvalue weighted by atomic mass is 16.3. The first kappa shape index (κ1) is 11.6. The van der Waals surface area contributed by atoms with Crippen LogP contribution in [0, 0.1) is 6.92 Å². The van der Waals surface area contributed by atoms with Gasteiger partial charge in [0, 0.05) is 0 Å². The van der Waals surface area contributed by atoms with E-state index >= 15 is 0 Å². The Morgan fingerprint density at radius 1 is 1.18 bits per heavy atom. The van der Waals surface area contributed by atoms with Crippen LogP contribution in [-0.2, 0) is 13.0 Å². The van der Waals surface area contributed by atoms with E-state index in [0.717, 1.165) is 25.8 Å². The quantitative estimate of drug-likeness (QED) is 0.797. The number of nitrogens with zero attached hydrogens (tertiary/aromatic N) is 4. The molecule has 0 saturated carbocycles. The van der Waals surface area contributed by atoms with Crippen molar-refractivity contribution in [3.63, 3.8) is 0 Å². The molecule has 0 saturated heterocycles. The number of aromatic nitrogens is 4. The normalized spacial score (nSPS) is 10.6. The number of unbranched alkanes of at least 4 members (excludes halogenated alkanes) is 1. The second-order valence-electron chi connectivity index (χ2n) is 4.06. The summed E-state index contributed by atoms with van der Waals surface area (Å²) < 4.78 is 0. The maximum atomic E-state index is 9.15. The molecule has 90 valence electrons. The number of hydrogen-bond acceptors (Lipinski definition) is 4. The molecular formula is C12H16N4O. The molecule has 0 fully saturated rings. The molecule has 0 aliphatic heterocycles. The highest BCUT2D eigenvalue weighted by Crippen LogP contribution is 2.11. The van der Waals surface area contributed by atoms with Crippen molar-refractivity contribution < 1.29 is 5.11 Å². The topological polar surface area (TPSA) is 63.8 Å². The Bertz CT molecular complexity index is 464. The molecular weight excluding hydrogens is 216 g/mol. The zero-order valence-electron chi connectivity index (χ0n) is 9.87. The van der Waals surface area contributed by atoms with Crippen LogP contribution in [0.15, 0.2) is 24.3 Å². The largest absolute Gasteiger partial charge is 0.508 e. The number of aromatic hydroxyl groups is 1. The van der Waals surface area contributed by atoms with Gasteiger partial charge in [0.15, 0.2) is 5.82 Å². The zero-order valence-corrected chi connectivity index (χ0v) is 9.87. The SMILES string of the molecule is Cc1nnn(CCCCc2ccc(O)cc2)n1. The monoisotopic (exact) mass is 232 g/mol. The van der Waals surface area contributed by atoms with E-state index in [-0.39, 0.29) is 0 Å². The lowest BCUT2D eigenvalue weighted by atomic mass is 10.1. The van der Waals surface area contributed by atoms with Gasteiger partial charge in [0.2, 0.25) is 0 Å². The summed E-state index contributed by atoms with van der Waals surface area (Å²) in [6.07, 6.45) is 3.11. The van der Waals surface area contributed by atoms with Gasteiger partial charge in [-0.3, -0.25) is 0 Å². The Kier molecular flexibility index (Phi) is 3.69. The lowest BCUT2D eigenvalue weighted by molar-refractivity contribution is 0.474. The third-order valence-corrected chi connectivity index (χ3v) is 2.56. The van der Waals surface area contributed by atoms with Crippen molar-refractivity contribution in [2.75, 3.05) is 0 Å². The van der Waals surface area contributed by atoms with Crippen LogP contribution < -0.4 is 0 Å². The van der Waals surface area contributed by atoms with E-state index in [2.05, 4.69) is 15.4 Å². The van der Waals surface area contributed by atoms with Gasteiger partial charge in [-0.15, -0.1) is 10.2 Å². The van der Waals surface area contributed by atoms with E-state index in [1.165, 1.54) is 5.56 Å². The fraction of sp³-hybridized carbons (Fsp3) is 0.417. The molecule has 1 N–H and O–H groups in total. The standard InChI is InChI=1S/C12H16N4O/c1-10-13-15-16(14-10)9-3-2-4-11-5-7-12(17)8-6-11/h5-8,17H,2-4,9H2,1H3. The number of rotatable bonds is 5. The van der Waals surface area contributed by atoms with Crippen LogP contribution in [0.3, 0.4) is 0 Å². The summed E-state index contributed by atoms with van der Waals surface area (Å²) >= 11 is 0. The molecule has 5 nitrogen and oxygen atoms in total. The van der Waals surface area contributed by atoms with Crippen molar-refractivity contribution in [1.29, 1.82) is 0 Å². The minimum Gasteiger partial charge on any atom is -0.508 e. The van der Waals surface area contributed by atoms with Crippen molar-refractivity contribution in [2.45, 2.75) is 32.7 Å². The Morgan fingerprint density at radius 3 is 2.59 bits per heavy atom. The van der Waals surface area contributed by atoms with E-state index in [4.69, 9.17) is 5.11 Å². The summed E-state index contributed by atoms with van der Waals surface area (Å²) in [6, 6.07) is 7.34. The fourth-order valence-electron chi connectivity index (χ4n) is 1.66. The third kappa shape index (κ3) is 3.55. The van der Waals surface area contributed by atoms with Gasteiger partial charge in [0.25, 0.3) is 0 Å². The van der Waals surface area contributed by atoms with Crippen molar-refractivity contribution in [3.05, 3.63) is 35.7 Å². The van der Waals surface area contributed by atoms with Crippen LogP contribution in [0.1, 0.15) is 24.2 Å². The van der Waals surface area contributed by atoms with Crippen LogP contribution >= 0.6 is 0 Å². The van der Waals surface area contributed by atoms with Crippen LogP contribution in [0.5, 0.6) is 5.75 Å². The molecule has 0 aliphatic carbocycles. The third-order valence-electron chi connectivity index (χ3n) is 2.56. The van der Waals surface area contributed by atoms with Crippen LogP contribution in [0.2, 0.25) is 0 Å². The van der Waals surface area contributed by atoms with Gasteiger partial charge in [-0.25, -0.2) is 0 Å². The first-order valence-corrected chi connectivity index (χ1v) is 5.76. The summed E-state index contributed by atoms with van der Waals surface area (Å²) in [4.78, 5) is 1.63. The van der Waals surface area contributed by atoms with E-state index in [1.54, 1.807) is 16.9 Å². The van der Waals surface area contributed by atoms with Crippen molar-refractivity contribution in [1.82, 2.24) is 20.2 Å². The number of phenolic OH excluding ortho intramolecular Hbond substituents is 1. The average Bonchev–Trinajstić information content (AvgIpc) is 2.73. The van der Waals surface area contributed by atoms with E-state index < -0.39 is 0 Å². The number of benzene rings is 1. The second kappa shape index (κ2) is 5.43. The van der Waals surface area contributed by atoms with E-state index in [1.807, 2.05) is 19.1 Å². The first-order chi connectivity index (χ1) is 8.24. The molecule has 0 amide bonds. The maximum Gasteiger partial charge on any atom is 0.171 e. The fourth-order valence-corrected chi connectivity index (χ4v) is 1.66. The van der Waals surface area contributed by atoms with Gasteiger partial charge in [-0.05, 0) is 49.1 Å². The first-order valence-electron chi connectivity index (χ1n) is 5.76. The zero-order chi connectivity index (χ0) is 12.1. The molecule has 5 heteroatoms. The van der Waals surface area contributed by atoms with E-state index in [0.29, 0.717) is 11.6 Å². The van der Waals surface area contributed by atoms with Crippen LogP contribution in [0.25, 0.3) is 0 Å². The predicted molar refractivity (Wildman–Crippen MR) is 63.6 cm³/mol. The summed E-state index contributed by atoms with van der Waals surface area (Å²) in [5.74, 6) is 1.03. The summed E-state index contributed by atoms with van der Waals surface area (Å²) in [5.41, 5.74) is 1.24. The number of hydrogen-bond donors (Lipinski definition) is 1. The van der Waals surface area contributed by atoms with Gasteiger partial charge in [0.1, 0.15) is 5.75 Å². The molecule has 0 spiro atoms. The molecule has 0 atom stereocenters. The molecule has 1 aromatic heterocycles. The minimum absolute atomic E-state index is 0.316. The average molecular weight is 232 g/mol. The second-order valence-corrected chi connectivity index (χ2v) is 4.06. The lowest BCUT2D eigenvalue weighted by Gasteiger charge is -2.01. The van der Waals surface area contributed by atoms with E-state index in [9.17, 15) is 0 Å². The van der Waals surface area contributed by atoms with Crippen LogP contribution in [0.4, 0.5) is 0 Å². The van der Waals surface area contributed by atoms with Gasteiger partial charge in [-0.2, -0.15) is 4.80 Å². The Morgan fingerprint density at radius 2 is 1.94 bits per heavy atom. The summed E-state index contributed by atoms with van der Waals surface area (Å²) in [6.45, 7) is 2.64. The maximum absolute atomic E-state index is 9.15. The minimum atomic E-state index is 0.316. The smallest absolute Gasteiger partial charge is 0.171 e. The van der Waals surface area contributed by atoms with Gasteiger partial charge >= 0.3 is 0 Å². The van der Waals surface area contributed by atoms with Crippen molar-refractivity contribution >= 4 is 0 Å². The highest BCUT2D eigenvalue weighted by molar-refractivity contribution is 5.25. The molecule has 17 heavy (non-hydrogen) atoms. The van der Waals surface area contributed by atoms with Crippen LogP contribution in [-0.4, -0.2) is 25.3 Å².